The van der Waals surface area contributed by atoms with Crippen molar-refractivity contribution in [2.45, 2.75) is 0 Å². The van der Waals surface area contributed by atoms with Gasteiger partial charge in [-0.05, 0) is 60.7 Å². The summed E-state index contributed by atoms with van der Waals surface area (Å²) in [7, 11) is 1.46. The van der Waals surface area contributed by atoms with E-state index < -0.39 is 17.6 Å². The van der Waals surface area contributed by atoms with Crippen LogP contribution >= 0.6 is 11.3 Å². The van der Waals surface area contributed by atoms with Gasteiger partial charge in [0.15, 0.2) is 16.5 Å². The van der Waals surface area contributed by atoms with Crippen LogP contribution in [0.5, 0.6) is 5.75 Å². The van der Waals surface area contributed by atoms with E-state index in [4.69, 9.17) is 9.15 Å². The number of halogens is 1. The van der Waals surface area contributed by atoms with E-state index in [0.717, 1.165) is 16.3 Å². The first-order valence-electron chi connectivity index (χ1n) is 10.5. The Labute approximate surface area is 203 Å². The molecule has 35 heavy (non-hydrogen) atoms. The van der Waals surface area contributed by atoms with Crippen LogP contribution in [-0.2, 0) is 0 Å². The van der Waals surface area contributed by atoms with Gasteiger partial charge in [-0.15, -0.1) is 11.3 Å². The molecule has 0 aliphatic carbocycles. The summed E-state index contributed by atoms with van der Waals surface area (Å²) >= 11 is 1.48. The number of rotatable bonds is 6. The lowest BCUT2D eigenvalue weighted by atomic mass is 10.2. The highest BCUT2D eigenvalue weighted by Crippen LogP contribution is 2.32. The van der Waals surface area contributed by atoms with Crippen LogP contribution in [0, 0.1) is 5.82 Å². The topological polar surface area (TPSA) is 93.5 Å². The number of para-hydroxylation sites is 1. The number of nitrogens with zero attached hydrogens (tertiary/aromatic N) is 1. The number of carbonyl (C=O) groups is 2. The lowest BCUT2D eigenvalue weighted by molar-refractivity contribution is 0.0995. The van der Waals surface area contributed by atoms with Gasteiger partial charge in [0.25, 0.3) is 11.8 Å². The molecular weight excluding hydrogens is 469 g/mol. The minimum atomic E-state index is -0.519. The third-order valence-electron chi connectivity index (χ3n) is 5.13. The van der Waals surface area contributed by atoms with E-state index in [-0.39, 0.29) is 11.3 Å². The molecule has 0 aliphatic heterocycles. The van der Waals surface area contributed by atoms with E-state index in [1.54, 1.807) is 30.3 Å². The summed E-state index contributed by atoms with van der Waals surface area (Å²) in [6.07, 6.45) is 0. The standard InChI is InChI=1S/C26H18FN3O4S/c1-33-20-10-9-17(14-19(20)29-24(31)15-5-4-6-16(27)13-15)28-25(32)21-11-12-22(34-21)26-30-18-7-2-3-8-23(18)35-26/h2-14H,1H3,(H,28,32)(H,29,31). The molecule has 0 unspecified atom stereocenters. The Morgan fingerprint density at radius 1 is 0.943 bits per heavy atom. The molecule has 2 N–H and O–H groups in total. The Kier molecular flexibility index (Phi) is 5.99. The van der Waals surface area contributed by atoms with Crippen LogP contribution in [0.4, 0.5) is 15.8 Å². The van der Waals surface area contributed by atoms with E-state index in [9.17, 15) is 14.0 Å². The van der Waals surface area contributed by atoms with Gasteiger partial charge in [-0.1, -0.05) is 18.2 Å². The lowest BCUT2D eigenvalue weighted by Gasteiger charge is -2.12. The molecule has 0 saturated carbocycles. The van der Waals surface area contributed by atoms with E-state index in [2.05, 4.69) is 15.6 Å². The molecule has 2 aromatic heterocycles. The van der Waals surface area contributed by atoms with Gasteiger partial charge >= 0.3 is 0 Å². The predicted molar refractivity (Wildman–Crippen MR) is 133 cm³/mol. The smallest absolute Gasteiger partial charge is 0.291 e. The van der Waals surface area contributed by atoms with Gasteiger partial charge in [0.05, 0.1) is 23.0 Å². The highest BCUT2D eigenvalue weighted by atomic mass is 32.1. The first kappa shape index (κ1) is 22.3. The number of furan rings is 1. The van der Waals surface area contributed by atoms with Gasteiger partial charge in [-0.25, -0.2) is 9.37 Å². The second-order valence-electron chi connectivity index (χ2n) is 7.48. The molecule has 0 saturated heterocycles. The summed E-state index contributed by atoms with van der Waals surface area (Å²) in [6.45, 7) is 0. The van der Waals surface area contributed by atoms with Crippen molar-refractivity contribution in [3.8, 4) is 16.5 Å². The van der Waals surface area contributed by atoms with Gasteiger partial charge in [0, 0.05) is 11.3 Å². The second kappa shape index (κ2) is 9.40. The number of aromatic nitrogens is 1. The molecule has 0 atom stereocenters. The first-order valence-corrected chi connectivity index (χ1v) is 11.3. The van der Waals surface area contributed by atoms with Crippen LogP contribution in [0.25, 0.3) is 21.0 Å². The summed E-state index contributed by atoms with van der Waals surface area (Å²) < 4.78 is 25.6. The summed E-state index contributed by atoms with van der Waals surface area (Å²) in [5.74, 6) is -0.518. The van der Waals surface area contributed by atoms with E-state index in [0.29, 0.717) is 27.9 Å². The number of nitrogens with one attached hydrogen (secondary N) is 2. The molecule has 0 radical (unpaired) electrons. The number of anilines is 2. The molecule has 7 nitrogen and oxygen atoms in total. The Balaban J connectivity index is 1.33. The predicted octanol–water partition coefficient (Wildman–Crippen LogP) is 6.21. The number of carbonyl (C=O) groups excluding carboxylic acids is 2. The second-order valence-corrected chi connectivity index (χ2v) is 8.51. The van der Waals surface area contributed by atoms with Gasteiger partial charge in [-0.3, -0.25) is 9.59 Å². The molecule has 0 fully saturated rings. The largest absolute Gasteiger partial charge is 0.495 e. The third-order valence-corrected chi connectivity index (χ3v) is 6.18. The van der Waals surface area contributed by atoms with Gasteiger partial charge in [0.1, 0.15) is 11.6 Å². The molecule has 2 amide bonds. The fraction of sp³-hybridized carbons (Fsp3) is 0.0385. The fourth-order valence-electron chi connectivity index (χ4n) is 3.45. The summed E-state index contributed by atoms with van der Waals surface area (Å²) in [5, 5.41) is 6.11. The number of hydrogen-bond donors (Lipinski definition) is 2. The van der Waals surface area contributed by atoms with Crippen LogP contribution in [0.2, 0.25) is 0 Å². The summed E-state index contributed by atoms with van der Waals surface area (Å²) in [6, 6.07) is 21.1. The zero-order chi connectivity index (χ0) is 24.4. The zero-order valence-electron chi connectivity index (χ0n) is 18.4. The van der Waals surface area contributed by atoms with Crippen LogP contribution in [0.15, 0.2) is 83.3 Å². The number of methoxy groups -OCH3 is 1. The first-order chi connectivity index (χ1) is 17.0. The van der Waals surface area contributed by atoms with Gasteiger partial charge < -0.3 is 19.8 Å². The van der Waals surface area contributed by atoms with Gasteiger partial charge in [0.2, 0.25) is 0 Å². The molecule has 5 aromatic rings. The fourth-order valence-corrected chi connectivity index (χ4v) is 4.38. The third kappa shape index (κ3) is 4.75. The van der Waals surface area contributed by atoms with Crippen LogP contribution in [0.1, 0.15) is 20.9 Å². The van der Waals surface area contributed by atoms with Crippen LogP contribution in [0.3, 0.4) is 0 Å². The Bertz CT molecular complexity index is 1530. The lowest BCUT2D eigenvalue weighted by Crippen LogP contribution is -2.14. The number of hydrogen-bond acceptors (Lipinski definition) is 6. The van der Waals surface area contributed by atoms with Crippen molar-refractivity contribution >= 4 is 44.7 Å². The summed E-state index contributed by atoms with van der Waals surface area (Å²) in [4.78, 5) is 29.9. The normalized spacial score (nSPS) is 10.8. The maximum atomic E-state index is 13.5. The van der Waals surface area contributed by atoms with E-state index in [1.165, 1.54) is 36.6 Å². The van der Waals surface area contributed by atoms with Crippen molar-refractivity contribution in [2.24, 2.45) is 0 Å². The number of benzene rings is 3. The van der Waals surface area contributed by atoms with Crippen molar-refractivity contribution in [3.63, 3.8) is 0 Å². The maximum Gasteiger partial charge on any atom is 0.291 e. The van der Waals surface area contributed by atoms with Gasteiger partial charge in [-0.2, -0.15) is 0 Å². The quantitative estimate of drug-likeness (QED) is 0.297. The zero-order valence-corrected chi connectivity index (χ0v) is 19.2. The molecule has 5 rings (SSSR count). The number of ether oxygens (including phenoxy) is 1. The Morgan fingerprint density at radius 3 is 2.60 bits per heavy atom. The van der Waals surface area contributed by atoms with Crippen molar-refractivity contribution < 1.29 is 23.1 Å². The molecule has 174 valence electrons. The SMILES string of the molecule is COc1ccc(NC(=O)c2ccc(-c3nc4ccccc4s3)o2)cc1NC(=O)c1cccc(F)c1. The highest BCUT2D eigenvalue weighted by molar-refractivity contribution is 7.21. The van der Waals surface area contributed by atoms with Crippen molar-refractivity contribution in [1.82, 2.24) is 4.98 Å². The van der Waals surface area contributed by atoms with E-state index in [1.807, 2.05) is 24.3 Å². The Hall–Kier alpha value is -4.50. The van der Waals surface area contributed by atoms with Crippen LogP contribution in [-0.4, -0.2) is 23.9 Å². The summed E-state index contributed by atoms with van der Waals surface area (Å²) in [5.41, 5.74) is 1.73. The van der Waals surface area contributed by atoms with Crippen molar-refractivity contribution in [3.05, 3.63) is 96.0 Å². The molecule has 9 heteroatoms. The molecule has 0 bridgehead atoms. The average molecular weight is 488 g/mol. The number of thiazole rings is 1. The molecular formula is C26H18FN3O4S. The van der Waals surface area contributed by atoms with Crippen LogP contribution < -0.4 is 15.4 Å². The number of amides is 2. The van der Waals surface area contributed by atoms with Crippen molar-refractivity contribution in [1.29, 1.82) is 0 Å². The maximum absolute atomic E-state index is 13.5. The monoisotopic (exact) mass is 487 g/mol. The minimum absolute atomic E-state index is 0.112. The number of fused-ring (bicyclic) bond motifs is 1. The molecule has 3 aromatic carbocycles. The van der Waals surface area contributed by atoms with E-state index >= 15 is 0 Å². The highest BCUT2D eigenvalue weighted by Gasteiger charge is 2.17. The molecule has 0 aliphatic rings. The minimum Gasteiger partial charge on any atom is -0.495 e. The van der Waals surface area contributed by atoms with Crippen molar-refractivity contribution in [2.75, 3.05) is 17.7 Å². The average Bonchev–Trinajstić information content (AvgIpc) is 3.52. The molecule has 2 heterocycles. The molecule has 0 spiro atoms. The Morgan fingerprint density at radius 2 is 1.80 bits per heavy atom.